The van der Waals surface area contributed by atoms with Crippen LogP contribution in [0.2, 0.25) is 0 Å². The molecule has 0 heterocycles. The van der Waals surface area contributed by atoms with Crippen molar-refractivity contribution in [1.82, 2.24) is 5.43 Å². The number of para-hydroxylation sites is 1. The molecule has 0 bridgehead atoms. The molecule has 0 radical (unpaired) electrons. The summed E-state index contributed by atoms with van der Waals surface area (Å²) in [6.45, 7) is 1.16. The molecule has 1 fully saturated rings. The number of hydrazine groups is 1. The second kappa shape index (κ2) is 9.03. The van der Waals surface area contributed by atoms with Gasteiger partial charge in [-0.05, 0) is 24.8 Å². The van der Waals surface area contributed by atoms with Crippen molar-refractivity contribution >= 4 is 0 Å². The molecule has 0 aliphatic heterocycles. The monoisotopic (exact) mass is 292 g/mol. The van der Waals surface area contributed by atoms with Gasteiger partial charge in [-0.15, -0.1) is 0 Å². The van der Waals surface area contributed by atoms with Crippen LogP contribution in [0.5, 0.6) is 5.75 Å². The Labute approximate surface area is 128 Å². The lowest BCUT2D eigenvalue weighted by Crippen LogP contribution is -2.34. The Morgan fingerprint density at radius 1 is 1.14 bits per heavy atom. The Bertz CT molecular complexity index is 404. The third-order valence-electron chi connectivity index (χ3n) is 4.35. The van der Waals surface area contributed by atoms with Gasteiger partial charge in [-0.2, -0.15) is 0 Å². The number of rotatable bonds is 7. The third-order valence-corrected chi connectivity index (χ3v) is 4.35. The average Bonchev–Trinajstić information content (AvgIpc) is 2.79. The van der Waals surface area contributed by atoms with Gasteiger partial charge in [0.05, 0.1) is 12.6 Å². The summed E-state index contributed by atoms with van der Waals surface area (Å²) >= 11 is 0. The van der Waals surface area contributed by atoms with E-state index < -0.39 is 0 Å². The fourth-order valence-corrected chi connectivity index (χ4v) is 3.23. The molecule has 4 heteroatoms. The predicted octanol–water partition coefficient (Wildman–Crippen LogP) is 3.19. The largest absolute Gasteiger partial charge is 0.491 e. The summed E-state index contributed by atoms with van der Waals surface area (Å²) in [5.41, 5.74) is 4.20. The van der Waals surface area contributed by atoms with Crippen molar-refractivity contribution < 1.29 is 9.47 Å². The number of hydrogen-bond donors (Lipinski definition) is 2. The van der Waals surface area contributed by atoms with Gasteiger partial charge in [-0.3, -0.25) is 11.3 Å². The molecule has 3 N–H and O–H groups in total. The number of hydrogen-bond acceptors (Lipinski definition) is 4. The molecule has 1 aliphatic rings. The van der Waals surface area contributed by atoms with E-state index in [9.17, 15) is 0 Å². The predicted molar refractivity (Wildman–Crippen MR) is 85.1 cm³/mol. The van der Waals surface area contributed by atoms with Gasteiger partial charge in [0, 0.05) is 12.7 Å². The van der Waals surface area contributed by atoms with Crippen LogP contribution in [0.1, 0.15) is 50.1 Å². The van der Waals surface area contributed by atoms with Gasteiger partial charge in [0.2, 0.25) is 0 Å². The Kier molecular flexibility index (Phi) is 7.00. The zero-order chi connectivity index (χ0) is 14.9. The molecule has 1 aromatic carbocycles. The highest BCUT2D eigenvalue weighted by Gasteiger charge is 2.25. The van der Waals surface area contributed by atoms with Crippen molar-refractivity contribution in [2.45, 2.75) is 44.6 Å². The second-order valence-electron chi connectivity index (χ2n) is 5.78. The molecule has 0 amide bonds. The summed E-state index contributed by atoms with van der Waals surface area (Å²) in [4.78, 5) is 0. The molecule has 1 saturated carbocycles. The fourth-order valence-electron chi connectivity index (χ4n) is 3.23. The van der Waals surface area contributed by atoms with E-state index in [1.807, 2.05) is 12.1 Å². The van der Waals surface area contributed by atoms with E-state index in [-0.39, 0.29) is 6.04 Å². The minimum Gasteiger partial charge on any atom is -0.491 e. The van der Waals surface area contributed by atoms with E-state index in [2.05, 4.69) is 17.6 Å². The molecule has 21 heavy (non-hydrogen) atoms. The summed E-state index contributed by atoms with van der Waals surface area (Å²) in [5, 5.41) is 0. The summed E-state index contributed by atoms with van der Waals surface area (Å²) < 4.78 is 10.9. The third kappa shape index (κ3) is 4.70. The van der Waals surface area contributed by atoms with Crippen LogP contribution in [-0.2, 0) is 4.74 Å². The molecule has 0 spiro atoms. The van der Waals surface area contributed by atoms with Crippen molar-refractivity contribution in [1.29, 1.82) is 0 Å². The Morgan fingerprint density at radius 3 is 2.52 bits per heavy atom. The Hall–Kier alpha value is -1.10. The second-order valence-corrected chi connectivity index (χ2v) is 5.78. The van der Waals surface area contributed by atoms with Crippen molar-refractivity contribution in [3.05, 3.63) is 29.8 Å². The van der Waals surface area contributed by atoms with Gasteiger partial charge in [-0.25, -0.2) is 0 Å². The maximum atomic E-state index is 5.88. The molecule has 4 nitrogen and oxygen atoms in total. The van der Waals surface area contributed by atoms with E-state index >= 15 is 0 Å². The van der Waals surface area contributed by atoms with Crippen LogP contribution in [-0.4, -0.2) is 20.3 Å². The average molecular weight is 292 g/mol. The SMILES string of the molecule is COCCOc1ccccc1C(NN)C1CCCCCC1. The Morgan fingerprint density at radius 2 is 1.86 bits per heavy atom. The van der Waals surface area contributed by atoms with Crippen molar-refractivity contribution in [2.75, 3.05) is 20.3 Å². The zero-order valence-corrected chi connectivity index (χ0v) is 13.0. The molecular weight excluding hydrogens is 264 g/mol. The first-order valence-corrected chi connectivity index (χ1v) is 8.03. The molecular formula is C17H28N2O2. The van der Waals surface area contributed by atoms with Crippen LogP contribution in [0.25, 0.3) is 0 Å². The van der Waals surface area contributed by atoms with Crippen LogP contribution in [0.4, 0.5) is 0 Å². The van der Waals surface area contributed by atoms with Gasteiger partial charge in [-0.1, -0.05) is 43.9 Å². The molecule has 0 saturated heterocycles. The van der Waals surface area contributed by atoms with Crippen LogP contribution in [0.15, 0.2) is 24.3 Å². The fraction of sp³-hybridized carbons (Fsp3) is 0.647. The molecule has 0 aromatic heterocycles. The van der Waals surface area contributed by atoms with E-state index in [1.54, 1.807) is 7.11 Å². The van der Waals surface area contributed by atoms with Crippen molar-refractivity contribution in [3.8, 4) is 5.75 Å². The molecule has 1 aromatic rings. The lowest BCUT2D eigenvalue weighted by atomic mass is 9.87. The lowest BCUT2D eigenvalue weighted by Gasteiger charge is -2.27. The van der Waals surface area contributed by atoms with Gasteiger partial charge < -0.3 is 9.47 Å². The van der Waals surface area contributed by atoms with E-state index in [4.69, 9.17) is 15.3 Å². The van der Waals surface area contributed by atoms with Crippen LogP contribution < -0.4 is 16.0 Å². The quantitative estimate of drug-likeness (QED) is 0.351. The van der Waals surface area contributed by atoms with Crippen LogP contribution in [0.3, 0.4) is 0 Å². The highest BCUT2D eigenvalue weighted by atomic mass is 16.5. The summed E-state index contributed by atoms with van der Waals surface area (Å²) in [7, 11) is 1.69. The number of benzene rings is 1. The van der Waals surface area contributed by atoms with Crippen LogP contribution in [0, 0.1) is 5.92 Å². The molecule has 1 atom stereocenters. The summed E-state index contributed by atoms with van der Waals surface area (Å²) in [6, 6.07) is 8.37. The summed E-state index contributed by atoms with van der Waals surface area (Å²) in [5.74, 6) is 7.39. The van der Waals surface area contributed by atoms with Crippen LogP contribution >= 0.6 is 0 Å². The molecule has 2 rings (SSSR count). The minimum atomic E-state index is 0.168. The van der Waals surface area contributed by atoms with Crippen molar-refractivity contribution in [3.63, 3.8) is 0 Å². The maximum absolute atomic E-state index is 5.88. The van der Waals surface area contributed by atoms with E-state index in [0.29, 0.717) is 19.1 Å². The van der Waals surface area contributed by atoms with Crippen molar-refractivity contribution in [2.24, 2.45) is 11.8 Å². The number of ether oxygens (including phenoxy) is 2. The van der Waals surface area contributed by atoms with Gasteiger partial charge in [0.25, 0.3) is 0 Å². The first-order chi connectivity index (χ1) is 10.4. The van der Waals surface area contributed by atoms with Gasteiger partial charge in [0.15, 0.2) is 0 Å². The normalized spacial score (nSPS) is 18.2. The van der Waals surface area contributed by atoms with E-state index in [1.165, 1.54) is 44.1 Å². The smallest absolute Gasteiger partial charge is 0.124 e. The maximum Gasteiger partial charge on any atom is 0.124 e. The summed E-state index contributed by atoms with van der Waals surface area (Å²) in [6.07, 6.45) is 7.77. The Balaban J connectivity index is 2.12. The standard InChI is InChI=1S/C17H28N2O2/c1-20-12-13-21-16-11-7-6-10-15(16)17(19-18)14-8-4-2-3-5-9-14/h6-7,10-11,14,17,19H,2-5,8-9,12-13,18H2,1H3. The minimum absolute atomic E-state index is 0.168. The molecule has 118 valence electrons. The lowest BCUT2D eigenvalue weighted by molar-refractivity contribution is 0.144. The first-order valence-electron chi connectivity index (χ1n) is 8.03. The highest BCUT2D eigenvalue weighted by molar-refractivity contribution is 5.36. The highest BCUT2D eigenvalue weighted by Crippen LogP contribution is 2.36. The molecule has 1 aliphatic carbocycles. The first kappa shape index (κ1) is 16.3. The van der Waals surface area contributed by atoms with Gasteiger partial charge in [0.1, 0.15) is 12.4 Å². The number of nitrogens with one attached hydrogen (secondary N) is 1. The van der Waals surface area contributed by atoms with E-state index in [0.717, 1.165) is 5.75 Å². The number of methoxy groups -OCH3 is 1. The zero-order valence-electron chi connectivity index (χ0n) is 13.0. The topological polar surface area (TPSA) is 56.5 Å². The molecule has 1 unspecified atom stereocenters. The number of nitrogens with two attached hydrogens (primary N) is 1. The van der Waals surface area contributed by atoms with Gasteiger partial charge >= 0.3 is 0 Å².